The van der Waals surface area contributed by atoms with Gasteiger partial charge in [-0.1, -0.05) is 17.3 Å². The number of ether oxygens (including phenoxy) is 2. The Labute approximate surface area is 149 Å². The van der Waals surface area contributed by atoms with Gasteiger partial charge in [0.1, 0.15) is 12.1 Å². The van der Waals surface area contributed by atoms with Crippen LogP contribution in [0.3, 0.4) is 0 Å². The standard InChI is InChI=1S/C19H18N4O3/c24-18(12-23-15-6-2-1-5-14(15)21-22-23)20-13-7-8-16-17(11-13)26-19(25-16)9-3-4-10-19/h1-2,5-8,11H,3-4,9-10,12H2,(H,20,24). The quantitative estimate of drug-likeness (QED) is 0.785. The summed E-state index contributed by atoms with van der Waals surface area (Å²) in [7, 11) is 0. The fourth-order valence-corrected chi connectivity index (χ4v) is 3.66. The number of nitrogens with one attached hydrogen (secondary N) is 1. The molecule has 0 saturated heterocycles. The average molecular weight is 350 g/mol. The molecule has 7 nitrogen and oxygen atoms in total. The lowest BCUT2D eigenvalue weighted by atomic mass is 10.2. The zero-order chi connectivity index (χ0) is 17.6. The van der Waals surface area contributed by atoms with E-state index in [0.717, 1.165) is 42.5 Å². The Morgan fingerprint density at radius 1 is 1.12 bits per heavy atom. The highest BCUT2D eigenvalue weighted by Crippen LogP contribution is 2.47. The molecule has 0 radical (unpaired) electrons. The Morgan fingerprint density at radius 3 is 2.81 bits per heavy atom. The molecule has 1 aliphatic carbocycles. The minimum Gasteiger partial charge on any atom is -0.448 e. The number of para-hydroxylation sites is 1. The number of nitrogens with zero attached hydrogens (tertiary/aromatic N) is 3. The molecule has 0 bridgehead atoms. The van der Waals surface area contributed by atoms with Gasteiger partial charge in [-0.2, -0.15) is 0 Å². The van der Waals surface area contributed by atoms with Crippen molar-refractivity contribution in [3.8, 4) is 11.5 Å². The second kappa shape index (κ2) is 5.72. The first-order chi connectivity index (χ1) is 12.7. The van der Waals surface area contributed by atoms with E-state index in [4.69, 9.17) is 9.47 Å². The van der Waals surface area contributed by atoms with E-state index in [1.54, 1.807) is 4.68 Å². The first-order valence-electron chi connectivity index (χ1n) is 8.81. The number of rotatable bonds is 3. The van der Waals surface area contributed by atoms with Crippen LogP contribution in [0.2, 0.25) is 0 Å². The van der Waals surface area contributed by atoms with Crippen LogP contribution in [0.4, 0.5) is 5.69 Å². The molecule has 1 aliphatic heterocycles. The van der Waals surface area contributed by atoms with Crippen LogP contribution >= 0.6 is 0 Å². The number of fused-ring (bicyclic) bond motifs is 2. The van der Waals surface area contributed by atoms with Gasteiger partial charge in [0.15, 0.2) is 11.5 Å². The molecule has 2 aromatic carbocycles. The lowest BCUT2D eigenvalue weighted by Crippen LogP contribution is -2.34. The summed E-state index contributed by atoms with van der Waals surface area (Å²) in [6.07, 6.45) is 4.04. The molecule has 7 heteroatoms. The van der Waals surface area contributed by atoms with Gasteiger partial charge in [0.05, 0.1) is 5.52 Å². The Kier molecular flexibility index (Phi) is 3.34. The van der Waals surface area contributed by atoms with E-state index in [9.17, 15) is 4.79 Å². The van der Waals surface area contributed by atoms with Gasteiger partial charge < -0.3 is 14.8 Å². The largest absolute Gasteiger partial charge is 0.448 e. The van der Waals surface area contributed by atoms with Gasteiger partial charge in [0, 0.05) is 24.6 Å². The van der Waals surface area contributed by atoms with Crippen LogP contribution in [0.25, 0.3) is 11.0 Å². The second-order valence-electron chi connectivity index (χ2n) is 6.77. The summed E-state index contributed by atoms with van der Waals surface area (Å²) in [5, 5.41) is 11.0. The third-order valence-electron chi connectivity index (χ3n) is 4.90. The number of carbonyl (C=O) groups excluding carboxylic acids is 1. The molecule has 3 aromatic rings. The number of benzene rings is 2. The fourth-order valence-electron chi connectivity index (χ4n) is 3.66. The summed E-state index contributed by atoms with van der Waals surface area (Å²) < 4.78 is 13.6. The van der Waals surface area contributed by atoms with Crippen molar-refractivity contribution in [1.82, 2.24) is 15.0 Å². The number of hydrogen-bond acceptors (Lipinski definition) is 5. The van der Waals surface area contributed by atoms with Crippen LogP contribution in [0.15, 0.2) is 42.5 Å². The van der Waals surface area contributed by atoms with Crippen molar-refractivity contribution in [3.63, 3.8) is 0 Å². The molecular weight excluding hydrogens is 332 g/mol. The summed E-state index contributed by atoms with van der Waals surface area (Å²) >= 11 is 0. The van der Waals surface area contributed by atoms with E-state index in [1.165, 1.54) is 0 Å². The fraction of sp³-hybridized carbons (Fsp3) is 0.316. The predicted molar refractivity (Wildman–Crippen MR) is 95.1 cm³/mol. The van der Waals surface area contributed by atoms with E-state index >= 15 is 0 Å². The topological polar surface area (TPSA) is 78.3 Å². The smallest absolute Gasteiger partial charge is 0.251 e. The van der Waals surface area contributed by atoms with Crippen molar-refractivity contribution in [1.29, 1.82) is 0 Å². The lowest BCUT2D eigenvalue weighted by molar-refractivity contribution is -0.116. The molecule has 132 valence electrons. The van der Waals surface area contributed by atoms with E-state index < -0.39 is 5.79 Å². The Morgan fingerprint density at radius 2 is 1.92 bits per heavy atom. The molecule has 1 aromatic heterocycles. The normalized spacial score (nSPS) is 17.1. The highest BCUT2D eigenvalue weighted by atomic mass is 16.7. The number of aromatic nitrogens is 3. The summed E-state index contributed by atoms with van der Waals surface area (Å²) in [6.45, 7) is 0.0961. The second-order valence-corrected chi connectivity index (χ2v) is 6.77. The molecule has 1 N–H and O–H groups in total. The SMILES string of the molecule is O=C(Cn1nnc2ccccc21)Nc1ccc2c(c1)OC1(CCCC1)O2. The Balaban J connectivity index is 1.30. The zero-order valence-corrected chi connectivity index (χ0v) is 14.1. The van der Waals surface area contributed by atoms with E-state index in [-0.39, 0.29) is 12.5 Å². The maximum Gasteiger partial charge on any atom is 0.251 e. The first-order valence-corrected chi connectivity index (χ1v) is 8.81. The van der Waals surface area contributed by atoms with Crippen LogP contribution in [0, 0.1) is 0 Å². The van der Waals surface area contributed by atoms with Crippen LogP contribution in [-0.2, 0) is 11.3 Å². The molecule has 0 unspecified atom stereocenters. The van der Waals surface area contributed by atoms with Gasteiger partial charge in [0.25, 0.3) is 5.79 Å². The summed E-state index contributed by atoms with van der Waals surface area (Å²) in [4.78, 5) is 12.4. The summed E-state index contributed by atoms with van der Waals surface area (Å²) in [6, 6.07) is 13.1. The van der Waals surface area contributed by atoms with Gasteiger partial charge in [-0.15, -0.1) is 5.10 Å². The van der Waals surface area contributed by atoms with Gasteiger partial charge in [-0.25, -0.2) is 4.68 Å². The van der Waals surface area contributed by atoms with Crippen molar-refractivity contribution in [2.45, 2.75) is 38.0 Å². The maximum absolute atomic E-state index is 12.4. The predicted octanol–water partition coefficient (Wildman–Crippen LogP) is 3.11. The molecule has 26 heavy (non-hydrogen) atoms. The minimum atomic E-state index is -0.495. The maximum atomic E-state index is 12.4. The van der Waals surface area contributed by atoms with Crippen molar-refractivity contribution in [3.05, 3.63) is 42.5 Å². The molecule has 1 spiro atoms. The van der Waals surface area contributed by atoms with Crippen molar-refractivity contribution >= 4 is 22.6 Å². The van der Waals surface area contributed by atoms with Crippen LogP contribution in [0.1, 0.15) is 25.7 Å². The minimum absolute atomic E-state index is 0.0961. The monoisotopic (exact) mass is 350 g/mol. The van der Waals surface area contributed by atoms with Gasteiger partial charge in [-0.3, -0.25) is 4.79 Å². The third kappa shape index (κ3) is 2.56. The molecule has 2 heterocycles. The molecule has 1 saturated carbocycles. The van der Waals surface area contributed by atoms with Crippen molar-refractivity contribution in [2.75, 3.05) is 5.32 Å². The van der Waals surface area contributed by atoms with Crippen LogP contribution < -0.4 is 14.8 Å². The number of carbonyl (C=O) groups is 1. The van der Waals surface area contributed by atoms with Gasteiger partial charge >= 0.3 is 0 Å². The van der Waals surface area contributed by atoms with Crippen molar-refractivity contribution in [2.24, 2.45) is 0 Å². The van der Waals surface area contributed by atoms with Crippen LogP contribution in [0.5, 0.6) is 11.5 Å². The van der Waals surface area contributed by atoms with Gasteiger partial charge in [0.2, 0.25) is 5.91 Å². The molecule has 0 atom stereocenters. The molecule has 1 amide bonds. The summed E-state index contributed by atoms with van der Waals surface area (Å²) in [5.41, 5.74) is 2.28. The van der Waals surface area contributed by atoms with Gasteiger partial charge in [-0.05, 0) is 37.1 Å². The van der Waals surface area contributed by atoms with Crippen molar-refractivity contribution < 1.29 is 14.3 Å². The van der Waals surface area contributed by atoms with E-state index in [0.29, 0.717) is 11.4 Å². The molecule has 5 rings (SSSR count). The van der Waals surface area contributed by atoms with E-state index in [2.05, 4.69) is 15.6 Å². The Hall–Kier alpha value is -3.09. The number of amides is 1. The van der Waals surface area contributed by atoms with E-state index in [1.807, 2.05) is 42.5 Å². The average Bonchev–Trinajstić information content (AvgIpc) is 3.34. The van der Waals surface area contributed by atoms with Crippen LogP contribution in [-0.4, -0.2) is 26.7 Å². The Bertz CT molecular complexity index is 991. The zero-order valence-electron chi connectivity index (χ0n) is 14.1. The third-order valence-corrected chi connectivity index (χ3v) is 4.90. The highest BCUT2D eigenvalue weighted by Gasteiger charge is 2.44. The highest BCUT2D eigenvalue weighted by molar-refractivity contribution is 5.91. The molecule has 2 aliphatic rings. The summed E-state index contributed by atoms with van der Waals surface area (Å²) in [5.74, 6) is 0.767. The molecular formula is C19H18N4O3. The lowest BCUT2D eigenvalue weighted by Gasteiger charge is -2.21. The number of hydrogen-bond donors (Lipinski definition) is 1. The number of anilines is 1. The molecule has 1 fully saturated rings. The first kappa shape index (κ1) is 15.2.